The first-order chi connectivity index (χ1) is 10.4. The van der Waals surface area contributed by atoms with Gasteiger partial charge in [-0.1, -0.05) is 15.9 Å². The quantitative estimate of drug-likeness (QED) is 0.644. The first-order valence-electron chi connectivity index (χ1n) is 6.83. The molecule has 0 aromatic heterocycles. The Kier molecular flexibility index (Phi) is 3.56. The van der Waals surface area contributed by atoms with Crippen LogP contribution in [0.5, 0.6) is 5.75 Å². The number of amides is 4. The molecule has 2 saturated heterocycles. The summed E-state index contributed by atoms with van der Waals surface area (Å²) in [4.78, 5) is 37.2. The molecule has 1 aromatic rings. The maximum absolute atomic E-state index is 12.4. The van der Waals surface area contributed by atoms with Gasteiger partial charge in [-0.15, -0.1) is 0 Å². The average molecular weight is 368 g/mol. The van der Waals surface area contributed by atoms with Gasteiger partial charge in [0.1, 0.15) is 11.3 Å². The van der Waals surface area contributed by atoms with E-state index in [9.17, 15) is 19.5 Å². The van der Waals surface area contributed by atoms with Crippen molar-refractivity contribution in [2.75, 3.05) is 13.1 Å². The van der Waals surface area contributed by atoms with Gasteiger partial charge in [-0.05, 0) is 31.0 Å². The Hall–Kier alpha value is -2.09. The van der Waals surface area contributed by atoms with Crippen LogP contribution in [0, 0.1) is 0 Å². The number of phenolic OH excluding ortho intramolecular Hbond substituents is 1. The second kappa shape index (κ2) is 5.28. The standard InChI is InChI=1S/C14H14BrN3O4/c15-8-1-2-9(10(19)7-8)11(20)18-5-3-14(4-6-18)12(21)16-13(22)17-14/h1-2,7,19H,3-6H2,(H2,16,17,21,22). The highest BCUT2D eigenvalue weighted by Crippen LogP contribution is 2.28. The topological polar surface area (TPSA) is 98.7 Å². The minimum absolute atomic E-state index is 0.0911. The van der Waals surface area contributed by atoms with E-state index < -0.39 is 11.6 Å². The molecular formula is C14H14BrN3O4. The molecule has 0 bridgehead atoms. The van der Waals surface area contributed by atoms with Crippen LogP contribution in [0.3, 0.4) is 0 Å². The highest BCUT2D eigenvalue weighted by molar-refractivity contribution is 9.10. The third-order valence-electron chi connectivity index (χ3n) is 4.11. The number of hydrogen-bond acceptors (Lipinski definition) is 4. The van der Waals surface area contributed by atoms with Crippen molar-refractivity contribution in [1.29, 1.82) is 0 Å². The molecule has 3 rings (SSSR count). The summed E-state index contributed by atoms with van der Waals surface area (Å²) in [7, 11) is 0. The molecule has 22 heavy (non-hydrogen) atoms. The van der Waals surface area contributed by atoms with Crippen LogP contribution >= 0.6 is 15.9 Å². The van der Waals surface area contributed by atoms with Crippen LogP contribution in [-0.4, -0.2) is 46.5 Å². The second-order valence-electron chi connectivity index (χ2n) is 5.44. The Labute approximate surface area is 134 Å². The molecule has 7 nitrogen and oxygen atoms in total. The fourth-order valence-corrected chi connectivity index (χ4v) is 3.18. The lowest BCUT2D eigenvalue weighted by molar-refractivity contribution is -0.125. The average Bonchev–Trinajstić information content (AvgIpc) is 2.73. The van der Waals surface area contributed by atoms with E-state index >= 15 is 0 Å². The molecule has 1 aromatic carbocycles. The number of hydrogen-bond donors (Lipinski definition) is 3. The SMILES string of the molecule is O=C1NC(=O)C2(CCN(C(=O)c3ccc(Br)cc3O)CC2)N1. The number of rotatable bonds is 1. The van der Waals surface area contributed by atoms with E-state index in [-0.39, 0.29) is 23.1 Å². The molecule has 0 saturated carbocycles. The number of carbonyl (C=O) groups is 3. The van der Waals surface area contributed by atoms with Crippen LogP contribution < -0.4 is 10.6 Å². The minimum Gasteiger partial charge on any atom is -0.507 e. The molecule has 0 atom stereocenters. The Balaban J connectivity index is 1.72. The van der Waals surface area contributed by atoms with Crippen molar-refractivity contribution >= 4 is 33.8 Å². The Morgan fingerprint density at radius 3 is 2.50 bits per heavy atom. The number of halogens is 1. The summed E-state index contributed by atoms with van der Waals surface area (Å²) in [5, 5.41) is 14.8. The van der Waals surface area contributed by atoms with E-state index in [0.717, 1.165) is 0 Å². The van der Waals surface area contributed by atoms with Crippen molar-refractivity contribution < 1.29 is 19.5 Å². The summed E-state index contributed by atoms with van der Waals surface area (Å²) in [6.45, 7) is 0.671. The molecule has 2 heterocycles. The van der Waals surface area contributed by atoms with Gasteiger partial charge in [-0.25, -0.2) is 4.79 Å². The maximum Gasteiger partial charge on any atom is 0.322 e. The number of likely N-dealkylation sites (tertiary alicyclic amines) is 1. The van der Waals surface area contributed by atoms with E-state index in [0.29, 0.717) is 30.4 Å². The van der Waals surface area contributed by atoms with Gasteiger partial charge in [-0.2, -0.15) is 0 Å². The number of carbonyl (C=O) groups excluding carboxylic acids is 3. The molecule has 0 aliphatic carbocycles. The van der Waals surface area contributed by atoms with Gasteiger partial charge in [0.2, 0.25) is 0 Å². The largest absolute Gasteiger partial charge is 0.507 e. The normalized spacial score (nSPS) is 20.0. The summed E-state index contributed by atoms with van der Waals surface area (Å²) in [5.41, 5.74) is -0.686. The molecule has 3 N–H and O–H groups in total. The zero-order valence-electron chi connectivity index (χ0n) is 11.6. The van der Waals surface area contributed by atoms with Crippen molar-refractivity contribution in [1.82, 2.24) is 15.5 Å². The monoisotopic (exact) mass is 367 g/mol. The molecule has 116 valence electrons. The van der Waals surface area contributed by atoms with E-state index in [4.69, 9.17) is 0 Å². The molecule has 0 radical (unpaired) electrons. The van der Waals surface area contributed by atoms with Crippen molar-refractivity contribution in [3.05, 3.63) is 28.2 Å². The lowest BCUT2D eigenvalue weighted by Gasteiger charge is -2.37. The third-order valence-corrected chi connectivity index (χ3v) is 4.60. The summed E-state index contributed by atoms with van der Waals surface area (Å²) in [6.07, 6.45) is 0.710. The number of piperidine rings is 1. The number of nitrogens with zero attached hydrogens (tertiary/aromatic N) is 1. The van der Waals surface area contributed by atoms with Gasteiger partial charge in [0, 0.05) is 17.6 Å². The summed E-state index contributed by atoms with van der Waals surface area (Å²) in [6, 6.07) is 4.21. The summed E-state index contributed by atoms with van der Waals surface area (Å²) >= 11 is 3.22. The van der Waals surface area contributed by atoms with E-state index in [1.807, 2.05) is 0 Å². The van der Waals surface area contributed by atoms with Crippen molar-refractivity contribution in [3.8, 4) is 5.75 Å². The van der Waals surface area contributed by atoms with Crippen molar-refractivity contribution in [3.63, 3.8) is 0 Å². The first kappa shape index (κ1) is 14.8. The Morgan fingerprint density at radius 2 is 1.95 bits per heavy atom. The second-order valence-corrected chi connectivity index (χ2v) is 6.36. The van der Waals surface area contributed by atoms with Gasteiger partial charge in [0.15, 0.2) is 0 Å². The summed E-state index contributed by atoms with van der Waals surface area (Å²) < 4.78 is 0.685. The molecule has 4 amide bonds. The van der Waals surface area contributed by atoms with Gasteiger partial charge in [0.25, 0.3) is 11.8 Å². The van der Waals surface area contributed by atoms with Gasteiger partial charge in [0.05, 0.1) is 5.56 Å². The number of nitrogens with one attached hydrogen (secondary N) is 2. The highest BCUT2D eigenvalue weighted by atomic mass is 79.9. The first-order valence-corrected chi connectivity index (χ1v) is 7.62. The number of phenols is 1. The molecular weight excluding hydrogens is 354 g/mol. The molecule has 8 heteroatoms. The van der Waals surface area contributed by atoms with E-state index in [1.165, 1.54) is 6.07 Å². The number of benzene rings is 1. The maximum atomic E-state index is 12.4. The zero-order valence-corrected chi connectivity index (χ0v) is 13.1. The predicted molar refractivity (Wildman–Crippen MR) is 80.3 cm³/mol. The molecule has 2 aliphatic rings. The third kappa shape index (κ3) is 2.43. The smallest absolute Gasteiger partial charge is 0.322 e. The van der Waals surface area contributed by atoms with Crippen LogP contribution in [-0.2, 0) is 4.79 Å². The van der Waals surface area contributed by atoms with Crippen LogP contribution in [0.15, 0.2) is 22.7 Å². The lowest BCUT2D eigenvalue weighted by atomic mass is 9.87. The highest BCUT2D eigenvalue weighted by Gasteiger charge is 2.48. The van der Waals surface area contributed by atoms with Crippen LogP contribution in [0.4, 0.5) is 4.79 Å². The molecule has 1 spiro atoms. The Morgan fingerprint density at radius 1 is 1.27 bits per heavy atom. The van der Waals surface area contributed by atoms with Crippen LogP contribution in [0.1, 0.15) is 23.2 Å². The van der Waals surface area contributed by atoms with Crippen molar-refractivity contribution in [2.24, 2.45) is 0 Å². The van der Waals surface area contributed by atoms with E-state index in [1.54, 1.807) is 17.0 Å². The Bertz CT molecular complexity index is 668. The fourth-order valence-electron chi connectivity index (χ4n) is 2.83. The van der Waals surface area contributed by atoms with Crippen LogP contribution in [0.25, 0.3) is 0 Å². The van der Waals surface area contributed by atoms with E-state index in [2.05, 4.69) is 26.6 Å². The molecule has 0 unspecified atom stereocenters. The predicted octanol–water partition coefficient (Wildman–Crippen LogP) is 0.969. The zero-order chi connectivity index (χ0) is 15.9. The van der Waals surface area contributed by atoms with Gasteiger partial charge < -0.3 is 15.3 Å². The lowest BCUT2D eigenvalue weighted by Crippen LogP contribution is -2.55. The minimum atomic E-state index is -0.907. The fraction of sp³-hybridized carbons (Fsp3) is 0.357. The van der Waals surface area contributed by atoms with Crippen LogP contribution in [0.2, 0.25) is 0 Å². The number of imide groups is 1. The molecule has 2 aliphatic heterocycles. The number of aromatic hydroxyl groups is 1. The number of urea groups is 1. The summed E-state index contributed by atoms with van der Waals surface area (Å²) in [5.74, 6) is -0.716. The van der Waals surface area contributed by atoms with Gasteiger partial charge >= 0.3 is 6.03 Å². The van der Waals surface area contributed by atoms with Crippen molar-refractivity contribution in [2.45, 2.75) is 18.4 Å². The van der Waals surface area contributed by atoms with Gasteiger partial charge in [-0.3, -0.25) is 14.9 Å². The molecule has 2 fully saturated rings.